The first-order valence-electron chi connectivity index (χ1n) is 5.38. The Kier molecular flexibility index (Phi) is 2.29. The lowest BCUT2D eigenvalue weighted by Crippen LogP contribution is -2.44. The Morgan fingerprint density at radius 1 is 1.33 bits per heavy atom. The first-order valence-corrected chi connectivity index (χ1v) is 5.38. The van der Waals surface area contributed by atoms with Crippen LogP contribution < -0.4 is 10.6 Å². The Bertz CT molecular complexity index is 582. The largest absolute Gasteiger partial charge is 0.456 e. The van der Waals surface area contributed by atoms with E-state index in [1.807, 2.05) is 0 Å². The summed E-state index contributed by atoms with van der Waals surface area (Å²) in [5.74, 6) is -0.916. The van der Waals surface area contributed by atoms with Crippen LogP contribution in [0.25, 0.3) is 0 Å². The number of carbonyl (C=O) groups is 2. The quantitative estimate of drug-likeness (QED) is 0.728. The molecule has 2 N–H and O–H groups in total. The Morgan fingerprint density at radius 2 is 2.17 bits per heavy atom. The average molecular weight is 248 g/mol. The molecule has 0 radical (unpaired) electrons. The molecule has 0 saturated heterocycles. The fraction of sp³-hybridized carbons (Fsp3) is 0.167. The molecule has 0 saturated carbocycles. The standard InChI is InChI=1S/C12H9FN2O3/c13-7-3-1-2-6(4-7)10-9-8(5-18-11(9)16)14-12(17)15-10/h1-4,10H,5H2,(H2,14,15,17)/t10-/m1/s1. The van der Waals surface area contributed by atoms with Crippen molar-refractivity contribution in [2.45, 2.75) is 6.04 Å². The summed E-state index contributed by atoms with van der Waals surface area (Å²) in [5, 5.41) is 5.10. The molecule has 92 valence electrons. The summed E-state index contributed by atoms with van der Waals surface area (Å²) in [4.78, 5) is 23.1. The number of urea groups is 1. The van der Waals surface area contributed by atoms with Gasteiger partial charge in [-0.2, -0.15) is 0 Å². The molecule has 0 spiro atoms. The van der Waals surface area contributed by atoms with Crippen LogP contribution >= 0.6 is 0 Å². The van der Waals surface area contributed by atoms with Crippen molar-refractivity contribution in [1.82, 2.24) is 10.6 Å². The van der Waals surface area contributed by atoms with E-state index in [0.717, 1.165) is 0 Å². The van der Waals surface area contributed by atoms with Crippen LogP contribution in [0.1, 0.15) is 11.6 Å². The fourth-order valence-electron chi connectivity index (χ4n) is 2.12. The molecule has 6 heteroatoms. The van der Waals surface area contributed by atoms with Crippen molar-refractivity contribution in [1.29, 1.82) is 0 Å². The monoisotopic (exact) mass is 248 g/mol. The maximum absolute atomic E-state index is 13.2. The first-order chi connectivity index (χ1) is 8.65. The van der Waals surface area contributed by atoms with Crippen LogP contribution in [-0.2, 0) is 9.53 Å². The van der Waals surface area contributed by atoms with Gasteiger partial charge in [0.1, 0.15) is 12.4 Å². The number of hydrogen-bond donors (Lipinski definition) is 2. The summed E-state index contributed by atoms with van der Waals surface area (Å²) in [5.41, 5.74) is 1.29. The fourth-order valence-corrected chi connectivity index (χ4v) is 2.12. The highest BCUT2D eigenvalue weighted by Gasteiger charge is 2.37. The lowest BCUT2D eigenvalue weighted by atomic mass is 9.96. The third kappa shape index (κ3) is 1.62. The average Bonchev–Trinajstić information content (AvgIpc) is 2.70. The van der Waals surface area contributed by atoms with Crippen LogP contribution in [0.3, 0.4) is 0 Å². The van der Waals surface area contributed by atoms with Crippen LogP contribution in [0.5, 0.6) is 0 Å². The van der Waals surface area contributed by atoms with E-state index in [1.54, 1.807) is 6.07 Å². The lowest BCUT2D eigenvalue weighted by molar-refractivity contribution is -0.136. The molecule has 1 aromatic rings. The van der Waals surface area contributed by atoms with Crippen molar-refractivity contribution in [3.05, 3.63) is 46.9 Å². The third-order valence-electron chi connectivity index (χ3n) is 2.90. The normalized spacial score (nSPS) is 22.2. The second kappa shape index (κ2) is 3.83. The number of benzene rings is 1. The van der Waals surface area contributed by atoms with E-state index < -0.39 is 23.9 Å². The molecule has 0 aromatic heterocycles. The predicted octanol–water partition coefficient (Wildman–Crippen LogP) is 0.990. The number of amides is 2. The van der Waals surface area contributed by atoms with Gasteiger partial charge in [0.2, 0.25) is 0 Å². The number of carbonyl (C=O) groups excluding carboxylic acids is 2. The zero-order chi connectivity index (χ0) is 12.7. The van der Waals surface area contributed by atoms with Crippen LogP contribution in [0, 0.1) is 5.82 Å². The van der Waals surface area contributed by atoms with E-state index in [9.17, 15) is 14.0 Å². The minimum Gasteiger partial charge on any atom is -0.456 e. The molecule has 3 rings (SSSR count). The van der Waals surface area contributed by atoms with E-state index >= 15 is 0 Å². The molecule has 0 bridgehead atoms. The molecular weight excluding hydrogens is 239 g/mol. The highest BCUT2D eigenvalue weighted by atomic mass is 19.1. The maximum atomic E-state index is 13.2. The van der Waals surface area contributed by atoms with Gasteiger partial charge >= 0.3 is 12.0 Å². The van der Waals surface area contributed by atoms with Crippen molar-refractivity contribution in [2.75, 3.05) is 6.61 Å². The Morgan fingerprint density at radius 3 is 2.94 bits per heavy atom. The molecule has 1 atom stereocenters. The van der Waals surface area contributed by atoms with Gasteiger partial charge in [0.15, 0.2) is 0 Å². The lowest BCUT2D eigenvalue weighted by Gasteiger charge is -2.24. The Hall–Kier alpha value is -2.37. The molecular formula is C12H9FN2O3. The van der Waals surface area contributed by atoms with Gasteiger partial charge in [-0.3, -0.25) is 0 Å². The molecule has 0 aliphatic carbocycles. The minimum atomic E-state index is -0.667. The van der Waals surface area contributed by atoms with Gasteiger partial charge in [-0.1, -0.05) is 12.1 Å². The molecule has 18 heavy (non-hydrogen) atoms. The van der Waals surface area contributed by atoms with Crippen molar-refractivity contribution < 1.29 is 18.7 Å². The van der Waals surface area contributed by atoms with Crippen molar-refractivity contribution in [3.8, 4) is 0 Å². The molecule has 2 heterocycles. The summed E-state index contributed by atoms with van der Waals surface area (Å²) < 4.78 is 18.1. The highest BCUT2D eigenvalue weighted by molar-refractivity contribution is 5.97. The zero-order valence-corrected chi connectivity index (χ0v) is 9.20. The van der Waals surface area contributed by atoms with Gasteiger partial charge in [-0.15, -0.1) is 0 Å². The summed E-state index contributed by atoms with van der Waals surface area (Å²) in [6.45, 7) is 0.0490. The molecule has 5 nitrogen and oxygen atoms in total. The van der Waals surface area contributed by atoms with Crippen LogP contribution in [0.4, 0.5) is 9.18 Å². The molecule has 2 amide bonds. The summed E-state index contributed by atoms with van der Waals surface area (Å²) in [6, 6.07) is 4.66. The van der Waals surface area contributed by atoms with Crippen molar-refractivity contribution >= 4 is 12.0 Å². The zero-order valence-electron chi connectivity index (χ0n) is 9.20. The number of ether oxygens (including phenoxy) is 1. The number of cyclic esters (lactones) is 1. The second-order valence-corrected chi connectivity index (χ2v) is 4.05. The highest BCUT2D eigenvalue weighted by Crippen LogP contribution is 2.31. The second-order valence-electron chi connectivity index (χ2n) is 4.05. The van der Waals surface area contributed by atoms with E-state index in [2.05, 4.69) is 10.6 Å². The SMILES string of the molecule is O=C1NC2=C(C(=O)OC2)[C@@H](c2cccc(F)c2)N1. The van der Waals surface area contributed by atoms with Gasteiger partial charge in [-0.25, -0.2) is 14.0 Å². The number of nitrogens with one attached hydrogen (secondary N) is 2. The molecule has 0 unspecified atom stereocenters. The van der Waals surface area contributed by atoms with Crippen LogP contribution in [0.2, 0.25) is 0 Å². The van der Waals surface area contributed by atoms with Gasteiger partial charge in [0.25, 0.3) is 0 Å². The van der Waals surface area contributed by atoms with Gasteiger partial charge in [-0.05, 0) is 17.7 Å². The summed E-state index contributed by atoms with van der Waals surface area (Å²) >= 11 is 0. The Balaban J connectivity index is 2.07. The topological polar surface area (TPSA) is 67.4 Å². The van der Waals surface area contributed by atoms with Gasteiger partial charge in [0, 0.05) is 0 Å². The van der Waals surface area contributed by atoms with E-state index in [1.165, 1.54) is 18.2 Å². The van der Waals surface area contributed by atoms with Crippen LogP contribution in [-0.4, -0.2) is 18.6 Å². The van der Waals surface area contributed by atoms with E-state index in [-0.39, 0.29) is 6.61 Å². The molecule has 1 aromatic carbocycles. The smallest absolute Gasteiger partial charge is 0.338 e. The van der Waals surface area contributed by atoms with Crippen molar-refractivity contribution in [3.63, 3.8) is 0 Å². The Labute approximate surface area is 102 Å². The first kappa shape index (κ1) is 10.8. The summed E-state index contributed by atoms with van der Waals surface area (Å²) in [7, 11) is 0. The number of hydrogen-bond acceptors (Lipinski definition) is 3. The number of rotatable bonds is 1. The minimum absolute atomic E-state index is 0.0490. The van der Waals surface area contributed by atoms with E-state index in [0.29, 0.717) is 16.8 Å². The molecule has 2 aliphatic heterocycles. The molecule has 2 aliphatic rings. The third-order valence-corrected chi connectivity index (χ3v) is 2.90. The van der Waals surface area contributed by atoms with Gasteiger partial charge < -0.3 is 15.4 Å². The number of halogens is 1. The number of esters is 1. The molecule has 0 fully saturated rings. The van der Waals surface area contributed by atoms with Crippen LogP contribution in [0.15, 0.2) is 35.5 Å². The summed E-state index contributed by atoms with van der Waals surface area (Å²) in [6.07, 6.45) is 0. The van der Waals surface area contributed by atoms with Crippen molar-refractivity contribution in [2.24, 2.45) is 0 Å². The predicted molar refractivity (Wildman–Crippen MR) is 58.8 cm³/mol. The maximum Gasteiger partial charge on any atom is 0.338 e. The van der Waals surface area contributed by atoms with E-state index in [4.69, 9.17) is 4.74 Å². The van der Waals surface area contributed by atoms with Gasteiger partial charge in [0.05, 0.1) is 17.3 Å².